The molecule has 2 aromatic carbocycles. The van der Waals surface area contributed by atoms with Crippen LogP contribution < -0.4 is 5.56 Å². The molecule has 0 saturated carbocycles. The van der Waals surface area contributed by atoms with Gasteiger partial charge in [0, 0.05) is 6.54 Å². The maximum absolute atomic E-state index is 12.1. The Balaban J connectivity index is 1.59. The summed E-state index contributed by atoms with van der Waals surface area (Å²) in [4.78, 5) is 21.7. The van der Waals surface area contributed by atoms with E-state index in [4.69, 9.17) is 0 Å². The van der Waals surface area contributed by atoms with Crippen LogP contribution in [-0.2, 0) is 13.1 Å². The number of hydrogen-bond donors (Lipinski definition) is 1. The second kappa shape index (κ2) is 6.19. The molecule has 5 heteroatoms. The lowest BCUT2D eigenvalue weighted by Crippen LogP contribution is -2.21. The van der Waals surface area contributed by atoms with Crippen LogP contribution in [0.2, 0.25) is 0 Å². The highest BCUT2D eigenvalue weighted by molar-refractivity contribution is 7.17. The number of benzene rings is 2. The molecule has 0 aliphatic carbocycles. The molecule has 0 fully saturated rings. The van der Waals surface area contributed by atoms with Gasteiger partial charge in [-0.15, -0.1) is 11.3 Å². The van der Waals surface area contributed by atoms with E-state index < -0.39 is 0 Å². The predicted molar refractivity (Wildman–Crippen MR) is 99.4 cm³/mol. The van der Waals surface area contributed by atoms with Crippen molar-refractivity contribution in [2.75, 3.05) is 7.05 Å². The van der Waals surface area contributed by atoms with Crippen molar-refractivity contribution in [3.05, 3.63) is 75.7 Å². The average Bonchev–Trinajstić information content (AvgIpc) is 3.04. The minimum atomic E-state index is -0.0523. The summed E-state index contributed by atoms with van der Waals surface area (Å²) in [5.74, 6) is 0.702. The van der Waals surface area contributed by atoms with Crippen molar-refractivity contribution in [2.24, 2.45) is 0 Å². The zero-order valence-electron chi connectivity index (χ0n) is 13.3. The maximum Gasteiger partial charge on any atom is 0.268 e. The van der Waals surface area contributed by atoms with Crippen molar-refractivity contribution >= 4 is 32.3 Å². The van der Waals surface area contributed by atoms with Gasteiger partial charge >= 0.3 is 0 Å². The molecular weight excluding hydrogens is 318 g/mol. The van der Waals surface area contributed by atoms with Crippen LogP contribution in [0.3, 0.4) is 0 Å². The van der Waals surface area contributed by atoms with Gasteiger partial charge in [0.2, 0.25) is 0 Å². The Labute approximate surface area is 143 Å². The van der Waals surface area contributed by atoms with Gasteiger partial charge in [-0.1, -0.05) is 42.5 Å². The lowest BCUT2D eigenvalue weighted by Gasteiger charge is -2.17. The number of aromatic amines is 1. The Bertz CT molecular complexity index is 1060. The highest BCUT2D eigenvalue weighted by Crippen LogP contribution is 2.20. The third kappa shape index (κ3) is 2.84. The molecule has 0 spiro atoms. The first-order valence-electron chi connectivity index (χ1n) is 7.82. The molecule has 24 heavy (non-hydrogen) atoms. The van der Waals surface area contributed by atoms with E-state index >= 15 is 0 Å². The van der Waals surface area contributed by atoms with Crippen LogP contribution in [-0.4, -0.2) is 21.9 Å². The SMILES string of the molecule is CN(Cc1nc2ccsc2c(=O)[nH]1)Cc1cccc2ccccc12. The number of hydrogen-bond acceptors (Lipinski definition) is 4. The lowest BCUT2D eigenvalue weighted by atomic mass is 10.0. The molecule has 0 amide bonds. The van der Waals surface area contributed by atoms with Gasteiger partial charge in [0.25, 0.3) is 5.56 Å². The van der Waals surface area contributed by atoms with E-state index in [0.717, 1.165) is 12.1 Å². The second-order valence-electron chi connectivity index (χ2n) is 5.96. The molecule has 0 atom stereocenters. The predicted octanol–water partition coefficient (Wildman–Crippen LogP) is 3.77. The van der Waals surface area contributed by atoms with E-state index in [0.29, 0.717) is 17.1 Å². The molecular formula is C19H17N3OS. The third-order valence-electron chi connectivity index (χ3n) is 4.10. The Morgan fingerprint density at radius 2 is 1.92 bits per heavy atom. The van der Waals surface area contributed by atoms with Crippen molar-refractivity contribution in [1.82, 2.24) is 14.9 Å². The van der Waals surface area contributed by atoms with Gasteiger partial charge in [-0.05, 0) is 34.8 Å². The van der Waals surface area contributed by atoms with Crippen LogP contribution in [0, 0.1) is 0 Å². The summed E-state index contributed by atoms with van der Waals surface area (Å²) in [7, 11) is 2.04. The van der Waals surface area contributed by atoms with Crippen LogP contribution in [0.4, 0.5) is 0 Å². The number of nitrogens with zero attached hydrogens (tertiary/aromatic N) is 2. The van der Waals surface area contributed by atoms with Crippen molar-refractivity contribution in [2.45, 2.75) is 13.1 Å². The van der Waals surface area contributed by atoms with Crippen molar-refractivity contribution in [3.8, 4) is 0 Å². The number of nitrogens with one attached hydrogen (secondary N) is 1. The van der Waals surface area contributed by atoms with Gasteiger partial charge in [0.05, 0.1) is 12.1 Å². The van der Waals surface area contributed by atoms with Crippen molar-refractivity contribution < 1.29 is 0 Å². The summed E-state index contributed by atoms with van der Waals surface area (Å²) < 4.78 is 0.690. The van der Waals surface area contributed by atoms with Gasteiger partial charge in [0.15, 0.2) is 0 Å². The fourth-order valence-electron chi connectivity index (χ4n) is 3.03. The quantitative estimate of drug-likeness (QED) is 0.617. The van der Waals surface area contributed by atoms with Crippen molar-refractivity contribution in [3.63, 3.8) is 0 Å². The van der Waals surface area contributed by atoms with Gasteiger partial charge in [-0.3, -0.25) is 9.69 Å². The van der Waals surface area contributed by atoms with Crippen LogP contribution in [0.15, 0.2) is 58.7 Å². The normalized spacial score (nSPS) is 11.6. The fraction of sp³-hybridized carbons (Fsp3) is 0.158. The molecule has 1 N–H and O–H groups in total. The van der Waals surface area contributed by atoms with E-state index in [1.54, 1.807) is 0 Å². The van der Waals surface area contributed by atoms with Gasteiger partial charge in [0.1, 0.15) is 10.5 Å². The molecule has 0 unspecified atom stereocenters. The van der Waals surface area contributed by atoms with E-state index in [9.17, 15) is 4.79 Å². The van der Waals surface area contributed by atoms with Crippen LogP contribution in [0.1, 0.15) is 11.4 Å². The smallest absolute Gasteiger partial charge is 0.268 e. The topological polar surface area (TPSA) is 49.0 Å². The Hall–Kier alpha value is -2.50. The number of thiophene rings is 1. The molecule has 4 nitrogen and oxygen atoms in total. The molecule has 4 aromatic rings. The summed E-state index contributed by atoms with van der Waals surface area (Å²) in [6, 6.07) is 16.7. The Kier molecular flexibility index (Phi) is 3.88. The first kappa shape index (κ1) is 15.1. The maximum atomic E-state index is 12.1. The lowest BCUT2D eigenvalue weighted by molar-refractivity contribution is 0.312. The summed E-state index contributed by atoms with van der Waals surface area (Å²) in [6.45, 7) is 1.40. The number of fused-ring (bicyclic) bond motifs is 2. The number of aromatic nitrogens is 2. The minimum absolute atomic E-state index is 0.0523. The molecule has 0 bridgehead atoms. The number of rotatable bonds is 4. The highest BCUT2D eigenvalue weighted by Gasteiger charge is 2.09. The molecule has 2 aromatic heterocycles. The van der Waals surface area contributed by atoms with E-state index in [1.807, 2.05) is 18.5 Å². The molecule has 2 heterocycles. The molecule has 0 aliphatic rings. The van der Waals surface area contributed by atoms with Gasteiger partial charge in [-0.2, -0.15) is 0 Å². The van der Waals surface area contributed by atoms with E-state index in [-0.39, 0.29) is 5.56 Å². The number of H-pyrrole nitrogens is 1. The van der Waals surface area contributed by atoms with E-state index in [1.165, 1.54) is 27.7 Å². The first-order chi connectivity index (χ1) is 11.7. The van der Waals surface area contributed by atoms with Crippen LogP contribution in [0.25, 0.3) is 21.0 Å². The van der Waals surface area contributed by atoms with E-state index in [2.05, 4.69) is 57.3 Å². The fourth-order valence-corrected chi connectivity index (χ4v) is 3.75. The minimum Gasteiger partial charge on any atom is -0.308 e. The van der Waals surface area contributed by atoms with Gasteiger partial charge in [-0.25, -0.2) is 4.98 Å². The largest absolute Gasteiger partial charge is 0.308 e. The van der Waals surface area contributed by atoms with Crippen LogP contribution in [0.5, 0.6) is 0 Å². The molecule has 4 rings (SSSR count). The Morgan fingerprint density at radius 3 is 2.83 bits per heavy atom. The monoisotopic (exact) mass is 335 g/mol. The summed E-state index contributed by atoms with van der Waals surface area (Å²) >= 11 is 1.43. The van der Waals surface area contributed by atoms with Gasteiger partial charge < -0.3 is 4.98 Å². The highest BCUT2D eigenvalue weighted by atomic mass is 32.1. The zero-order valence-corrected chi connectivity index (χ0v) is 14.1. The summed E-state index contributed by atoms with van der Waals surface area (Å²) in [5.41, 5.74) is 2.00. The molecule has 120 valence electrons. The summed E-state index contributed by atoms with van der Waals surface area (Å²) in [6.07, 6.45) is 0. The Morgan fingerprint density at radius 1 is 1.08 bits per heavy atom. The zero-order chi connectivity index (χ0) is 16.5. The molecule has 0 saturated heterocycles. The standard InChI is InChI=1S/C19H17N3OS/c1-22(11-14-7-4-6-13-5-2-3-8-15(13)14)12-17-20-16-9-10-24-18(16)19(23)21-17/h2-10H,11-12H2,1H3,(H,20,21,23). The first-order valence-corrected chi connectivity index (χ1v) is 8.70. The van der Waals surface area contributed by atoms with Crippen LogP contribution >= 0.6 is 11.3 Å². The third-order valence-corrected chi connectivity index (χ3v) is 5.01. The molecule has 0 aliphatic heterocycles. The average molecular weight is 335 g/mol. The molecule has 0 radical (unpaired) electrons. The van der Waals surface area contributed by atoms with Crippen molar-refractivity contribution in [1.29, 1.82) is 0 Å². The summed E-state index contributed by atoms with van der Waals surface area (Å²) in [5, 5.41) is 4.41. The second-order valence-corrected chi connectivity index (χ2v) is 6.87.